The fourth-order valence-electron chi connectivity index (χ4n) is 3.31. The van der Waals surface area contributed by atoms with Crippen LogP contribution in [0.5, 0.6) is 5.75 Å². The Morgan fingerprint density at radius 2 is 2.08 bits per heavy atom. The first-order valence-corrected chi connectivity index (χ1v) is 9.69. The topological polar surface area (TPSA) is 49.8 Å². The first-order chi connectivity index (χ1) is 12.1. The van der Waals surface area contributed by atoms with Gasteiger partial charge >= 0.3 is 5.97 Å². The van der Waals surface area contributed by atoms with E-state index >= 15 is 0 Å². The highest BCUT2D eigenvalue weighted by molar-refractivity contribution is 7.15. The van der Waals surface area contributed by atoms with Gasteiger partial charge in [0, 0.05) is 22.2 Å². The van der Waals surface area contributed by atoms with Gasteiger partial charge in [-0.25, -0.2) is 0 Å². The third-order valence-electron chi connectivity index (χ3n) is 4.66. The van der Waals surface area contributed by atoms with E-state index in [9.17, 15) is 4.79 Å². The van der Waals surface area contributed by atoms with Crippen LogP contribution in [0.25, 0.3) is 10.4 Å². The second kappa shape index (κ2) is 8.50. The van der Waals surface area contributed by atoms with E-state index in [0.717, 1.165) is 31.7 Å². The molecule has 2 aromatic rings. The average Bonchev–Trinajstić information content (AvgIpc) is 3.22. The van der Waals surface area contributed by atoms with Crippen LogP contribution in [0, 0.1) is 6.92 Å². The Morgan fingerprint density at radius 1 is 1.28 bits per heavy atom. The molecule has 0 bridgehead atoms. The fourth-order valence-corrected chi connectivity index (χ4v) is 4.18. The van der Waals surface area contributed by atoms with E-state index in [0.29, 0.717) is 19.1 Å². The molecular weight excluding hydrogens is 334 g/mol. The average molecular weight is 359 g/mol. The normalized spacial score (nSPS) is 17.7. The summed E-state index contributed by atoms with van der Waals surface area (Å²) in [6, 6.07) is 13.0. The zero-order valence-electron chi connectivity index (χ0n) is 14.6. The molecule has 3 rings (SSSR count). The number of benzene rings is 1. The van der Waals surface area contributed by atoms with Crippen LogP contribution in [0.1, 0.15) is 30.6 Å². The van der Waals surface area contributed by atoms with Gasteiger partial charge in [0.25, 0.3) is 0 Å². The Bertz CT molecular complexity index is 695. The smallest absolute Gasteiger partial charge is 0.303 e. The number of aliphatic carboxylic acids is 1. The largest absolute Gasteiger partial charge is 0.492 e. The summed E-state index contributed by atoms with van der Waals surface area (Å²) in [6.07, 6.45) is 3.24. The molecule has 134 valence electrons. The second-order valence-electron chi connectivity index (χ2n) is 6.57. The molecule has 0 saturated carbocycles. The molecule has 1 fully saturated rings. The molecule has 25 heavy (non-hydrogen) atoms. The van der Waals surface area contributed by atoms with Gasteiger partial charge in [-0.2, -0.15) is 0 Å². The molecule has 5 heteroatoms. The number of aryl methyl sites for hydroxylation is 1. The van der Waals surface area contributed by atoms with Crippen LogP contribution in [-0.4, -0.2) is 41.7 Å². The van der Waals surface area contributed by atoms with Gasteiger partial charge in [0.15, 0.2) is 0 Å². The number of nitrogens with zero attached hydrogens (tertiary/aromatic N) is 1. The van der Waals surface area contributed by atoms with Crippen molar-refractivity contribution >= 4 is 17.3 Å². The zero-order valence-corrected chi connectivity index (χ0v) is 15.4. The molecule has 1 atom stereocenters. The molecule has 1 aromatic heterocycles. The molecule has 0 radical (unpaired) electrons. The van der Waals surface area contributed by atoms with Crippen molar-refractivity contribution < 1.29 is 14.6 Å². The molecular formula is C20H25NO3S. The molecule has 1 aromatic carbocycles. The number of likely N-dealkylation sites (tertiary alicyclic amines) is 1. The zero-order chi connectivity index (χ0) is 17.6. The molecule has 0 spiro atoms. The first kappa shape index (κ1) is 18.0. The molecule has 0 aliphatic carbocycles. The summed E-state index contributed by atoms with van der Waals surface area (Å²) in [7, 11) is 0. The number of hydrogen-bond acceptors (Lipinski definition) is 4. The summed E-state index contributed by atoms with van der Waals surface area (Å²) in [5.41, 5.74) is 1.22. The lowest BCUT2D eigenvalue weighted by atomic mass is 10.2. The van der Waals surface area contributed by atoms with Crippen molar-refractivity contribution in [3.8, 4) is 16.2 Å². The summed E-state index contributed by atoms with van der Waals surface area (Å²) in [6.45, 7) is 4.68. The summed E-state index contributed by atoms with van der Waals surface area (Å²) >= 11 is 1.80. The Hall–Kier alpha value is -1.85. The van der Waals surface area contributed by atoms with Crippen LogP contribution in [0.15, 0.2) is 36.4 Å². The molecule has 0 amide bonds. The minimum atomic E-state index is -0.715. The van der Waals surface area contributed by atoms with Crippen molar-refractivity contribution in [3.05, 3.63) is 41.3 Å². The molecule has 1 unspecified atom stereocenters. The molecule has 4 nitrogen and oxygen atoms in total. The van der Waals surface area contributed by atoms with Crippen LogP contribution in [-0.2, 0) is 4.79 Å². The number of carboxylic acids is 1. The monoisotopic (exact) mass is 359 g/mol. The van der Waals surface area contributed by atoms with Gasteiger partial charge in [-0.05, 0) is 81.2 Å². The van der Waals surface area contributed by atoms with Gasteiger partial charge in [-0.1, -0.05) is 0 Å². The van der Waals surface area contributed by atoms with Crippen LogP contribution in [0.3, 0.4) is 0 Å². The molecule has 1 saturated heterocycles. The number of thiophene rings is 1. The van der Waals surface area contributed by atoms with E-state index in [1.165, 1.54) is 15.3 Å². The predicted molar refractivity (Wildman–Crippen MR) is 101 cm³/mol. The van der Waals surface area contributed by atoms with E-state index in [2.05, 4.69) is 36.1 Å². The Morgan fingerprint density at radius 3 is 2.76 bits per heavy atom. The van der Waals surface area contributed by atoms with Crippen molar-refractivity contribution in [2.75, 3.05) is 19.7 Å². The first-order valence-electron chi connectivity index (χ1n) is 8.87. The third kappa shape index (κ3) is 5.06. The van der Waals surface area contributed by atoms with Gasteiger partial charge < -0.3 is 9.84 Å². The van der Waals surface area contributed by atoms with E-state index < -0.39 is 5.97 Å². The second-order valence-corrected chi connectivity index (χ2v) is 7.86. The van der Waals surface area contributed by atoms with Gasteiger partial charge in [0.2, 0.25) is 0 Å². The van der Waals surface area contributed by atoms with Crippen molar-refractivity contribution in [1.82, 2.24) is 4.90 Å². The molecule has 1 aliphatic rings. The highest BCUT2D eigenvalue weighted by Gasteiger charge is 2.24. The number of rotatable bonds is 8. The van der Waals surface area contributed by atoms with E-state index in [1.807, 2.05) is 12.1 Å². The Balaban J connectivity index is 1.50. The van der Waals surface area contributed by atoms with Crippen molar-refractivity contribution in [1.29, 1.82) is 0 Å². The lowest BCUT2D eigenvalue weighted by Crippen LogP contribution is -2.35. The highest BCUT2D eigenvalue weighted by atomic mass is 32.1. The number of carboxylic acid groups (broad SMARTS) is 1. The van der Waals surface area contributed by atoms with Gasteiger partial charge in [0.1, 0.15) is 12.4 Å². The van der Waals surface area contributed by atoms with Gasteiger partial charge in [0.05, 0.1) is 0 Å². The van der Waals surface area contributed by atoms with Crippen LogP contribution >= 0.6 is 11.3 Å². The molecule has 1 N–H and O–H groups in total. The van der Waals surface area contributed by atoms with Crippen LogP contribution < -0.4 is 4.74 Å². The Kier molecular flexibility index (Phi) is 6.10. The molecule has 1 aliphatic heterocycles. The SMILES string of the molecule is Cc1ccc(-c2ccc(OCC3CCCN3CCCC(=O)O)cc2)s1. The quantitative estimate of drug-likeness (QED) is 0.757. The van der Waals surface area contributed by atoms with Crippen LogP contribution in [0.4, 0.5) is 0 Å². The van der Waals surface area contributed by atoms with Crippen molar-refractivity contribution in [2.45, 2.75) is 38.6 Å². The maximum Gasteiger partial charge on any atom is 0.303 e. The maximum absolute atomic E-state index is 10.7. The summed E-state index contributed by atoms with van der Waals surface area (Å²) in [5.74, 6) is 0.183. The summed E-state index contributed by atoms with van der Waals surface area (Å²) in [5, 5.41) is 8.77. The number of hydrogen-bond donors (Lipinski definition) is 1. The maximum atomic E-state index is 10.7. The number of carbonyl (C=O) groups is 1. The van der Waals surface area contributed by atoms with Gasteiger partial charge in [-0.3, -0.25) is 9.69 Å². The summed E-state index contributed by atoms with van der Waals surface area (Å²) in [4.78, 5) is 15.6. The highest BCUT2D eigenvalue weighted by Crippen LogP contribution is 2.29. The lowest BCUT2D eigenvalue weighted by Gasteiger charge is -2.24. The molecule has 2 heterocycles. The minimum Gasteiger partial charge on any atom is -0.492 e. The fraction of sp³-hybridized carbons (Fsp3) is 0.450. The number of ether oxygens (including phenoxy) is 1. The van der Waals surface area contributed by atoms with E-state index in [4.69, 9.17) is 9.84 Å². The van der Waals surface area contributed by atoms with Crippen molar-refractivity contribution in [2.24, 2.45) is 0 Å². The van der Waals surface area contributed by atoms with Gasteiger partial charge in [-0.15, -0.1) is 11.3 Å². The third-order valence-corrected chi connectivity index (χ3v) is 5.71. The Labute approximate surface area is 153 Å². The van der Waals surface area contributed by atoms with Crippen LogP contribution in [0.2, 0.25) is 0 Å². The predicted octanol–water partition coefficient (Wildman–Crippen LogP) is 4.43. The van der Waals surface area contributed by atoms with E-state index in [-0.39, 0.29) is 6.42 Å². The minimum absolute atomic E-state index is 0.244. The standard InChI is InChI=1S/C20H25NO3S/c1-15-6-11-19(25-15)16-7-9-18(10-8-16)24-14-17-4-2-12-21(17)13-3-5-20(22)23/h6-11,17H,2-5,12-14H2,1H3,(H,22,23). The van der Waals surface area contributed by atoms with Crippen molar-refractivity contribution in [3.63, 3.8) is 0 Å². The summed E-state index contributed by atoms with van der Waals surface area (Å²) < 4.78 is 5.99. The lowest BCUT2D eigenvalue weighted by molar-refractivity contribution is -0.137. The van der Waals surface area contributed by atoms with E-state index in [1.54, 1.807) is 11.3 Å².